The molecule has 0 aliphatic carbocycles. The summed E-state index contributed by atoms with van der Waals surface area (Å²) in [5.41, 5.74) is -1.87. The molecule has 0 radical (unpaired) electrons. The highest BCUT2D eigenvalue weighted by Crippen LogP contribution is 2.44. The highest BCUT2D eigenvalue weighted by Gasteiger charge is 2.58. The second kappa shape index (κ2) is 5.04. The number of aromatic nitrogens is 2. The largest absolute Gasteiger partial charge is 0.398 e. The number of hydrogen-bond donors (Lipinski definition) is 3. The fourth-order valence-electron chi connectivity index (χ4n) is 2.12. The number of nitrogens with one attached hydrogen (secondary N) is 1. The van der Waals surface area contributed by atoms with E-state index in [1.165, 1.54) is 0 Å². The summed E-state index contributed by atoms with van der Waals surface area (Å²) in [4.78, 5) is 24.2. The topological polar surface area (TPSA) is 105 Å². The minimum Gasteiger partial charge on any atom is -0.394 e. The summed E-state index contributed by atoms with van der Waals surface area (Å²) in [6.07, 6.45) is -9.33. The van der Waals surface area contributed by atoms with Crippen LogP contribution in [0.1, 0.15) is 6.23 Å². The average Bonchev–Trinajstić information content (AvgIpc) is 2.65. The van der Waals surface area contributed by atoms with Crippen molar-refractivity contribution in [1.29, 1.82) is 0 Å². The van der Waals surface area contributed by atoms with Gasteiger partial charge in [-0.2, -0.15) is 13.2 Å². The van der Waals surface area contributed by atoms with E-state index in [2.05, 4.69) is 0 Å². The second-order valence-electron chi connectivity index (χ2n) is 4.32. The molecule has 1 aliphatic rings. The molecule has 1 fully saturated rings. The minimum absolute atomic E-state index is 0.526. The Morgan fingerprint density at radius 2 is 2.05 bits per heavy atom. The molecule has 2 heterocycles. The molecule has 2 rings (SSSR count). The Kier molecular flexibility index (Phi) is 3.71. The molecule has 1 saturated heterocycles. The van der Waals surface area contributed by atoms with Crippen molar-refractivity contribution in [3.63, 3.8) is 0 Å². The highest BCUT2D eigenvalue weighted by atomic mass is 19.4. The third-order valence-electron chi connectivity index (χ3n) is 3.05. The summed E-state index contributed by atoms with van der Waals surface area (Å²) in [5, 5.41) is 18.5. The molecule has 0 spiro atoms. The van der Waals surface area contributed by atoms with Crippen LogP contribution in [0, 0.1) is 5.92 Å². The van der Waals surface area contributed by atoms with Crippen molar-refractivity contribution in [1.82, 2.24) is 9.55 Å². The van der Waals surface area contributed by atoms with Crippen LogP contribution in [0.25, 0.3) is 0 Å². The van der Waals surface area contributed by atoms with Gasteiger partial charge in [0.15, 0.2) is 6.23 Å². The molecule has 10 heteroatoms. The van der Waals surface area contributed by atoms with E-state index in [1.54, 1.807) is 4.98 Å². The van der Waals surface area contributed by atoms with E-state index in [4.69, 9.17) is 9.84 Å². The number of aliphatic hydroxyl groups excluding tert-OH is 2. The molecule has 0 saturated carbocycles. The van der Waals surface area contributed by atoms with Crippen molar-refractivity contribution in [2.45, 2.75) is 24.6 Å². The Balaban J connectivity index is 2.47. The number of aromatic amines is 1. The summed E-state index contributed by atoms with van der Waals surface area (Å²) in [5.74, 6) is -2.39. The van der Waals surface area contributed by atoms with Crippen molar-refractivity contribution < 1.29 is 28.1 Å². The van der Waals surface area contributed by atoms with Gasteiger partial charge in [0, 0.05) is 12.3 Å². The molecule has 0 unspecified atom stereocenters. The summed E-state index contributed by atoms with van der Waals surface area (Å²) >= 11 is 0. The molecule has 20 heavy (non-hydrogen) atoms. The fraction of sp³-hybridized carbons (Fsp3) is 0.600. The normalized spacial score (nSPS) is 30.6. The molecular weight excluding hydrogens is 285 g/mol. The molecule has 1 aromatic heterocycles. The lowest BCUT2D eigenvalue weighted by Gasteiger charge is -2.23. The zero-order chi connectivity index (χ0) is 15.1. The lowest BCUT2D eigenvalue weighted by atomic mass is 9.99. The zero-order valence-electron chi connectivity index (χ0n) is 9.87. The van der Waals surface area contributed by atoms with E-state index < -0.39 is 48.4 Å². The van der Waals surface area contributed by atoms with Crippen LogP contribution in [0.5, 0.6) is 0 Å². The van der Waals surface area contributed by atoms with Gasteiger partial charge in [-0.3, -0.25) is 14.3 Å². The van der Waals surface area contributed by atoms with Crippen molar-refractivity contribution in [3.8, 4) is 0 Å². The second-order valence-corrected chi connectivity index (χ2v) is 4.32. The zero-order valence-corrected chi connectivity index (χ0v) is 9.87. The number of ether oxygens (including phenoxy) is 1. The van der Waals surface area contributed by atoms with Gasteiger partial charge < -0.3 is 14.9 Å². The van der Waals surface area contributed by atoms with Crippen LogP contribution in [-0.4, -0.2) is 44.8 Å². The first kappa shape index (κ1) is 14.8. The first-order valence-corrected chi connectivity index (χ1v) is 5.58. The lowest BCUT2D eigenvalue weighted by molar-refractivity contribution is -0.211. The first-order chi connectivity index (χ1) is 9.25. The summed E-state index contributed by atoms with van der Waals surface area (Å²) in [6, 6.07) is 0.858. The molecular formula is C10H11F3N2O5. The van der Waals surface area contributed by atoms with Crippen molar-refractivity contribution in [3.05, 3.63) is 33.1 Å². The molecule has 1 aliphatic heterocycles. The highest BCUT2D eigenvalue weighted by molar-refractivity contribution is 4.95. The molecule has 7 nitrogen and oxygen atoms in total. The van der Waals surface area contributed by atoms with Crippen LogP contribution >= 0.6 is 0 Å². The third-order valence-corrected chi connectivity index (χ3v) is 3.05. The fourth-order valence-corrected chi connectivity index (χ4v) is 2.12. The molecule has 4 atom stereocenters. The van der Waals surface area contributed by atoms with Crippen LogP contribution in [-0.2, 0) is 4.74 Å². The van der Waals surface area contributed by atoms with Gasteiger partial charge in [-0.05, 0) is 0 Å². The summed E-state index contributed by atoms with van der Waals surface area (Å²) < 4.78 is 44.3. The Morgan fingerprint density at radius 3 is 2.55 bits per heavy atom. The molecule has 3 N–H and O–H groups in total. The van der Waals surface area contributed by atoms with Gasteiger partial charge in [0.2, 0.25) is 0 Å². The van der Waals surface area contributed by atoms with Crippen molar-refractivity contribution in [2.24, 2.45) is 5.92 Å². The van der Waals surface area contributed by atoms with E-state index in [9.17, 15) is 27.9 Å². The van der Waals surface area contributed by atoms with Crippen LogP contribution in [0.3, 0.4) is 0 Å². The quantitative estimate of drug-likeness (QED) is 0.647. The van der Waals surface area contributed by atoms with E-state index in [-0.39, 0.29) is 0 Å². The number of nitrogens with zero attached hydrogens (tertiary/aromatic N) is 1. The smallest absolute Gasteiger partial charge is 0.394 e. The lowest BCUT2D eigenvalue weighted by Crippen LogP contribution is -2.41. The third kappa shape index (κ3) is 2.49. The molecule has 0 amide bonds. The van der Waals surface area contributed by atoms with E-state index in [0.717, 1.165) is 12.3 Å². The maximum Gasteiger partial charge on any atom is 0.398 e. The first-order valence-electron chi connectivity index (χ1n) is 5.58. The maximum absolute atomic E-state index is 13.0. The standard InChI is InChI=1S/C10H11F3N2O5/c11-10(12,13)6-7(18)4(3-16)20-8(6)15-2-1-5(17)14-9(15)19/h1-2,4,6-8,16,18H,3H2,(H,14,17,19)/t4-,6+,7-,8-/m1/s1. The molecule has 112 valence electrons. The van der Waals surface area contributed by atoms with E-state index >= 15 is 0 Å². The monoisotopic (exact) mass is 296 g/mol. The van der Waals surface area contributed by atoms with Gasteiger partial charge in [0.05, 0.1) is 12.7 Å². The Labute approximate surface area is 109 Å². The van der Waals surface area contributed by atoms with Crippen LogP contribution < -0.4 is 11.2 Å². The van der Waals surface area contributed by atoms with Gasteiger partial charge in [-0.15, -0.1) is 0 Å². The molecule has 0 aromatic carbocycles. The number of aliphatic hydroxyl groups is 2. The van der Waals surface area contributed by atoms with E-state index in [0.29, 0.717) is 4.57 Å². The number of alkyl halides is 3. The van der Waals surface area contributed by atoms with Gasteiger partial charge in [0.25, 0.3) is 5.56 Å². The predicted molar refractivity (Wildman–Crippen MR) is 57.9 cm³/mol. The maximum atomic E-state index is 13.0. The Hall–Kier alpha value is -1.65. The minimum atomic E-state index is -4.84. The van der Waals surface area contributed by atoms with Crippen molar-refractivity contribution >= 4 is 0 Å². The number of H-pyrrole nitrogens is 1. The SMILES string of the molecule is O=c1ccn([C@@H]2O[C@H](CO)[C@@H](O)[C@@H]2C(F)(F)F)c(=O)[nH]1. The Bertz CT molecular complexity index is 596. The van der Waals surface area contributed by atoms with Crippen molar-refractivity contribution in [2.75, 3.05) is 6.61 Å². The number of hydrogen-bond acceptors (Lipinski definition) is 5. The van der Waals surface area contributed by atoms with Gasteiger partial charge in [-0.1, -0.05) is 0 Å². The molecule has 0 bridgehead atoms. The van der Waals surface area contributed by atoms with Gasteiger partial charge >= 0.3 is 11.9 Å². The van der Waals surface area contributed by atoms with Crippen LogP contribution in [0.2, 0.25) is 0 Å². The van der Waals surface area contributed by atoms with Crippen LogP contribution in [0.4, 0.5) is 13.2 Å². The Morgan fingerprint density at radius 1 is 1.40 bits per heavy atom. The number of rotatable bonds is 2. The van der Waals surface area contributed by atoms with Crippen LogP contribution in [0.15, 0.2) is 21.9 Å². The summed E-state index contributed by atoms with van der Waals surface area (Å²) in [6.45, 7) is -0.831. The van der Waals surface area contributed by atoms with Gasteiger partial charge in [-0.25, -0.2) is 4.79 Å². The summed E-state index contributed by atoms with van der Waals surface area (Å²) in [7, 11) is 0. The van der Waals surface area contributed by atoms with E-state index in [1.807, 2.05) is 0 Å². The van der Waals surface area contributed by atoms with Gasteiger partial charge in [0.1, 0.15) is 12.0 Å². The number of halogens is 3. The average molecular weight is 296 g/mol. The molecule has 1 aromatic rings. The predicted octanol–water partition coefficient (Wildman–Crippen LogP) is -1.03.